The Bertz CT molecular complexity index is 902. The molecule has 4 nitrogen and oxygen atoms in total. The number of pyridine rings is 1. The van der Waals surface area contributed by atoms with Crippen molar-refractivity contribution < 1.29 is 0 Å². The van der Waals surface area contributed by atoms with Crippen molar-refractivity contribution in [1.29, 1.82) is 0 Å². The number of hydrogen-bond donors (Lipinski definition) is 0. The molecule has 0 amide bonds. The van der Waals surface area contributed by atoms with E-state index in [1.54, 1.807) is 0 Å². The SMILES string of the molecule is Cc1nn(C)c2ncc(CN3CCCC3Cc3ccccc3Cl)cc12. The van der Waals surface area contributed by atoms with E-state index in [-0.39, 0.29) is 0 Å². The van der Waals surface area contributed by atoms with E-state index in [4.69, 9.17) is 11.6 Å². The molecule has 0 bridgehead atoms. The van der Waals surface area contributed by atoms with E-state index in [1.807, 2.05) is 37.0 Å². The molecule has 1 unspecified atom stereocenters. The predicted molar refractivity (Wildman–Crippen MR) is 102 cm³/mol. The number of benzene rings is 1. The van der Waals surface area contributed by atoms with Crippen molar-refractivity contribution in [3.8, 4) is 0 Å². The molecule has 1 aromatic carbocycles. The van der Waals surface area contributed by atoms with Crippen molar-refractivity contribution in [3.63, 3.8) is 0 Å². The van der Waals surface area contributed by atoms with Crippen molar-refractivity contribution in [2.24, 2.45) is 7.05 Å². The number of aromatic nitrogens is 3. The summed E-state index contributed by atoms with van der Waals surface area (Å²) in [4.78, 5) is 7.19. The monoisotopic (exact) mass is 354 g/mol. The third-order valence-corrected chi connectivity index (χ3v) is 5.59. The van der Waals surface area contributed by atoms with E-state index < -0.39 is 0 Å². The van der Waals surface area contributed by atoms with E-state index in [2.05, 4.69) is 33.2 Å². The zero-order chi connectivity index (χ0) is 17.4. The first-order chi connectivity index (χ1) is 12.1. The summed E-state index contributed by atoms with van der Waals surface area (Å²) in [6.45, 7) is 4.12. The fourth-order valence-electron chi connectivity index (χ4n) is 3.92. The Morgan fingerprint density at radius 1 is 1.28 bits per heavy atom. The number of hydrogen-bond acceptors (Lipinski definition) is 3. The predicted octanol–water partition coefficient (Wildman–Crippen LogP) is 4.14. The third kappa shape index (κ3) is 3.29. The smallest absolute Gasteiger partial charge is 0.157 e. The summed E-state index contributed by atoms with van der Waals surface area (Å²) in [6, 6.07) is 11.0. The molecule has 3 aromatic rings. The van der Waals surface area contributed by atoms with Gasteiger partial charge in [-0.2, -0.15) is 5.10 Å². The van der Waals surface area contributed by atoms with Crippen LogP contribution >= 0.6 is 11.6 Å². The molecule has 130 valence electrons. The first-order valence-electron chi connectivity index (χ1n) is 8.87. The van der Waals surface area contributed by atoms with Crippen molar-refractivity contribution in [2.75, 3.05) is 6.54 Å². The van der Waals surface area contributed by atoms with Crippen molar-refractivity contribution in [1.82, 2.24) is 19.7 Å². The number of halogens is 1. The Morgan fingerprint density at radius 3 is 2.96 bits per heavy atom. The molecular formula is C20H23ClN4. The topological polar surface area (TPSA) is 34.0 Å². The van der Waals surface area contributed by atoms with Gasteiger partial charge in [-0.05, 0) is 56.0 Å². The Morgan fingerprint density at radius 2 is 2.12 bits per heavy atom. The van der Waals surface area contributed by atoms with Crippen molar-refractivity contribution >= 4 is 22.6 Å². The first kappa shape index (κ1) is 16.6. The average Bonchev–Trinajstić information content (AvgIpc) is 3.14. The van der Waals surface area contributed by atoms with E-state index in [0.717, 1.165) is 41.3 Å². The molecule has 0 aliphatic carbocycles. The fraction of sp³-hybridized carbons (Fsp3) is 0.400. The minimum atomic E-state index is 0.547. The van der Waals surface area contributed by atoms with Crippen LogP contribution in [0.25, 0.3) is 11.0 Å². The lowest BCUT2D eigenvalue weighted by Gasteiger charge is -2.25. The molecule has 0 N–H and O–H groups in total. The van der Waals surface area contributed by atoms with Gasteiger partial charge in [0.25, 0.3) is 0 Å². The maximum Gasteiger partial charge on any atom is 0.157 e. The number of fused-ring (bicyclic) bond motifs is 1. The van der Waals surface area contributed by atoms with Crippen LogP contribution in [-0.2, 0) is 20.0 Å². The van der Waals surface area contributed by atoms with Crippen LogP contribution in [0.2, 0.25) is 5.02 Å². The van der Waals surface area contributed by atoms with Gasteiger partial charge in [0.15, 0.2) is 5.65 Å². The highest BCUT2D eigenvalue weighted by atomic mass is 35.5. The molecule has 2 aromatic heterocycles. The summed E-state index contributed by atoms with van der Waals surface area (Å²) in [5, 5.41) is 6.50. The molecule has 5 heteroatoms. The van der Waals surface area contributed by atoms with Crippen molar-refractivity contribution in [3.05, 3.63) is 58.4 Å². The Hall–Kier alpha value is -1.91. The lowest BCUT2D eigenvalue weighted by molar-refractivity contribution is 0.244. The second kappa shape index (κ2) is 6.77. The van der Waals surface area contributed by atoms with E-state index in [0.29, 0.717) is 6.04 Å². The zero-order valence-electron chi connectivity index (χ0n) is 14.7. The summed E-state index contributed by atoms with van der Waals surface area (Å²) in [6.07, 6.45) is 5.49. The molecule has 1 atom stereocenters. The van der Waals surface area contributed by atoms with Gasteiger partial charge in [0.05, 0.1) is 5.69 Å². The summed E-state index contributed by atoms with van der Waals surface area (Å²) >= 11 is 6.36. The number of aryl methyl sites for hydroxylation is 2. The summed E-state index contributed by atoms with van der Waals surface area (Å²) in [5.74, 6) is 0. The maximum absolute atomic E-state index is 6.36. The maximum atomic E-state index is 6.36. The van der Waals surface area contributed by atoms with Gasteiger partial charge in [0.1, 0.15) is 0 Å². The Labute approximate surface area is 153 Å². The van der Waals surface area contributed by atoms with Gasteiger partial charge in [-0.3, -0.25) is 9.58 Å². The lowest BCUT2D eigenvalue weighted by atomic mass is 10.0. The lowest BCUT2D eigenvalue weighted by Crippen LogP contribution is -2.30. The van der Waals surface area contributed by atoms with Crippen LogP contribution in [0.4, 0.5) is 0 Å². The fourth-order valence-corrected chi connectivity index (χ4v) is 4.14. The summed E-state index contributed by atoms with van der Waals surface area (Å²) < 4.78 is 1.85. The summed E-state index contributed by atoms with van der Waals surface area (Å²) in [5.41, 5.74) is 4.50. The molecule has 3 heterocycles. The van der Waals surface area contributed by atoms with Crippen LogP contribution in [-0.4, -0.2) is 32.3 Å². The van der Waals surface area contributed by atoms with Crippen molar-refractivity contribution in [2.45, 2.75) is 38.8 Å². The standard InChI is InChI=1S/C20H23ClN4/c1-14-18-10-15(12-22-20(18)24(2)23-14)13-25-9-5-7-17(25)11-16-6-3-4-8-19(16)21/h3-4,6,8,10,12,17H,5,7,9,11,13H2,1-2H3. The van der Waals surface area contributed by atoms with E-state index in [9.17, 15) is 0 Å². The highest BCUT2D eigenvalue weighted by Gasteiger charge is 2.25. The summed E-state index contributed by atoms with van der Waals surface area (Å²) in [7, 11) is 1.95. The molecule has 4 rings (SSSR count). The van der Waals surface area contributed by atoms with Crippen LogP contribution in [0.3, 0.4) is 0 Å². The normalized spacial score (nSPS) is 18.3. The van der Waals surface area contributed by atoms with Gasteiger partial charge in [-0.1, -0.05) is 29.8 Å². The second-order valence-electron chi connectivity index (χ2n) is 6.99. The third-order valence-electron chi connectivity index (χ3n) is 5.22. The van der Waals surface area contributed by atoms with Gasteiger partial charge >= 0.3 is 0 Å². The molecule has 1 aliphatic rings. The molecule has 0 spiro atoms. The van der Waals surface area contributed by atoms with Gasteiger partial charge in [0.2, 0.25) is 0 Å². The molecule has 1 aliphatic heterocycles. The highest BCUT2D eigenvalue weighted by molar-refractivity contribution is 6.31. The minimum absolute atomic E-state index is 0.547. The van der Waals surface area contributed by atoms with E-state index >= 15 is 0 Å². The van der Waals surface area contributed by atoms with Gasteiger partial charge in [-0.15, -0.1) is 0 Å². The van der Waals surface area contributed by atoms with Crippen LogP contribution in [0.1, 0.15) is 29.7 Å². The average molecular weight is 355 g/mol. The molecule has 1 fully saturated rings. The molecule has 0 saturated carbocycles. The molecular weight excluding hydrogens is 332 g/mol. The Kier molecular flexibility index (Phi) is 4.48. The quantitative estimate of drug-likeness (QED) is 0.706. The van der Waals surface area contributed by atoms with Gasteiger partial charge < -0.3 is 0 Å². The molecule has 0 radical (unpaired) electrons. The minimum Gasteiger partial charge on any atom is -0.296 e. The van der Waals surface area contributed by atoms with E-state index in [1.165, 1.54) is 24.0 Å². The highest BCUT2D eigenvalue weighted by Crippen LogP contribution is 2.27. The molecule has 25 heavy (non-hydrogen) atoms. The number of nitrogens with zero attached hydrogens (tertiary/aromatic N) is 4. The van der Waals surface area contributed by atoms with Crippen LogP contribution in [0, 0.1) is 6.92 Å². The van der Waals surface area contributed by atoms with Crippen LogP contribution in [0.15, 0.2) is 36.5 Å². The van der Waals surface area contributed by atoms with Crippen LogP contribution in [0.5, 0.6) is 0 Å². The van der Waals surface area contributed by atoms with Gasteiger partial charge in [0, 0.05) is 36.2 Å². The number of rotatable bonds is 4. The number of likely N-dealkylation sites (tertiary alicyclic amines) is 1. The van der Waals surface area contributed by atoms with Gasteiger partial charge in [-0.25, -0.2) is 4.98 Å². The Balaban J connectivity index is 1.53. The first-order valence-corrected chi connectivity index (χ1v) is 9.25. The molecule has 1 saturated heterocycles. The second-order valence-corrected chi connectivity index (χ2v) is 7.39. The zero-order valence-corrected chi connectivity index (χ0v) is 15.5. The largest absolute Gasteiger partial charge is 0.296 e. The van der Waals surface area contributed by atoms with Crippen LogP contribution < -0.4 is 0 Å².